The van der Waals surface area contributed by atoms with Gasteiger partial charge >= 0.3 is 0 Å². The van der Waals surface area contributed by atoms with Gasteiger partial charge in [0, 0.05) is 38.6 Å². The highest BCUT2D eigenvalue weighted by Gasteiger charge is 2.29. The summed E-state index contributed by atoms with van der Waals surface area (Å²) in [4.78, 5) is 2.58. The van der Waals surface area contributed by atoms with E-state index in [1.807, 2.05) is 0 Å². The number of likely N-dealkylation sites (tertiary alicyclic amines) is 1. The maximum atomic E-state index is 12.6. The van der Waals surface area contributed by atoms with E-state index < -0.39 is 10.0 Å². The Morgan fingerprint density at radius 3 is 2.76 bits per heavy atom. The Bertz CT molecular complexity index is 582. The van der Waals surface area contributed by atoms with Crippen molar-refractivity contribution in [2.24, 2.45) is 7.05 Å². The predicted octanol–water partition coefficient (Wildman–Crippen LogP) is 0.622. The Balaban J connectivity index is 2.14. The molecule has 7 heteroatoms. The quantitative estimate of drug-likeness (QED) is 0.836. The second kappa shape index (κ2) is 6.48. The summed E-state index contributed by atoms with van der Waals surface area (Å²) >= 11 is 0. The van der Waals surface area contributed by atoms with Crippen molar-refractivity contribution in [2.75, 3.05) is 26.7 Å². The molecule has 2 heterocycles. The molecule has 1 unspecified atom stereocenters. The molecule has 1 aliphatic rings. The monoisotopic (exact) mass is 315 g/mol. The standard InChI is InChI=1S/C14H25N3O3S/c1-4-17-7-5-6-12(17)9-16(3)21(19,20)14-8-13(11-18)15(2)10-14/h8,10,12,18H,4-7,9,11H2,1-3H3. The highest BCUT2D eigenvalue weighted by molar-refractivity contribution is 7.89. The van der Waals surface area contributed by atoms with Crippen LogP contribution in [0.5, 0.6) is 0 Å². The lowest BCUT2D eigenvalue weighted by atomic mass is 10.2. The Hall–Kier alpha value is -0.890. The van der Waals surface area contributed by atoms with Gasteiger partial charge < -0.3 is 9.67 Å². The molecule has 21 heavy (non-hydrogen) atoms. The number of aliphatic hydroxyl groups excluding tert-OH is 1. The van der Waals surface area contributed by atoms with E-state index in [4.69, 9.17) is 0 Å². The zero-order chi connectivity index (χ0) is 15.6. The smallest absolute Gasteiger partial charge is 0.244 e. The van der Waals surface area contributed by atoms with Crippen LogP contribution in [0.4, 0.5) is 0 Å². The third-order valence-electron chi connectivity index (χ3n) is 4.33. The van der Waals surface area contributed by atoms with Gasteiger partial charge in [-0.05, 0) is 32.0 Å². The molecule has 120 valence electrons. The lowest BCUT2D eigenvalue weighted by Gasteiger charge is -2.27. The molecule has 0 spiro atoms. The topological polar surface area (TPSA) is 65.8 Å². The molecule has 0 amide bonds. The normalized spacial score (nSPS) is 20.5. The summed E-state index contributed by atoms with van der Waals surface area (Å²) < 4.78 is 28.3. The zero-order valence-electron chi connectivity index (χ0n) is 13.0. The SMILES string of the molecule is CCN1CCCC1CN(C)S(=O)(=O)c1cc(CO)n(C)c1. The number of aromatic nitrogens is 1. The van der Waals surface area contributed by atoms with Crippen molar-refractivity contribution in [3.63, 3.8) is 0 Å². The van der Waals surface area contributed by atoms with E-state index in [9.17, 15) is 13.5 Å². The summed E-state index contributed by atoms with van der Waals surface area (Å²) in [5, 5.41) is 9.20. The Kier molecular flexibility index (Phi) is 5.08. The molecule has 6 nitrogen and oxygen atoms in total. The van der Waals surface area contributed by atoms with Gasteiger partial charge in [0.15, 0.2) is 0 Å². The predicted molar refractivity (Wildman–Crippen MR) is 81.4 cm³/mol. The van der Waals surface area contributed by atoms with Crippen LogP contribution in [0.25, 0.3) is 0 Å². The molecule has 1 saturated heterocycles. The summed E-state index contributed by atoms with van der Waals surface area (Å²) in [6, 6.07) is 1.84. The largest absolute Gasteiger partial charge is 0.390 e. The van der Waals surface area contributed by atoms with Crippen molar-refractivity contribution in [3.05, 3.63) is 18.0 Å². The molecule has 1 atom stereocenters. The molecule has 0 radical (unpaired) electrons. The summed E-state index contributed by atoms with van der Waals surface area (Å²) in [5.74, 6) is 0. The van der Waals surface area contributed by atoms with Gasteiger partial charge in [-0.2, -0.15) is 4.31 Å². The van der Waals surface area contributed by atoms with Crippen LogP contribution in [0.3, 0.4) is 0 Å². The first-order valence-electron chi connectivity index (χ1n) is 7.36. The van der Waals surface area contributed by atoms with Crippen molar-refractivity contribution >= 4 is 10.0 Å². The van der Waals surface area contributed by atoms with Crippen LogP contribution < -0.4 is 0 Å². The number of hydrogen-bond acceptors (Lipinski definition) is 4. The van der Waals surface area contributed by atoms with Crippen molar-refractivity contribution in [1.82, 2.24) is 13.8 Å². The van der Waals surface area contributed by atoms with Gasteiger partial charge in [-0.25, -0.2) is 8.42 Å². The fraction of sp³-hybridized carbons (Fsp3) is 0.714. The fourth-order valence-electron chi connectivity index (χ4n) is 2.97. The summed E-state index contributed by atoms with van der Waals surface area (Å²) in [5.41, 5.74) is 0.595. The van der Waals surface area contributed by atoms with E-state index in [1.54, 1.807) is 24.9 Å². The molecular formula is C14H25N3O3S. The number of aryl methyl sites for hydroxylation is 1. The highest BCUT2D eigenvalue weighted by Crippen LogP contribution is 2.22. The lowest BCUT2D eigenvalue weighted by Crippen LogP contribution is -2.41. The Labute approximate surface area is 127 Å². The second-order valence-corrected chi connectivity index (χ2v) is 7.69. The van der Waals surface area contributed by atoms with E-state index >= 15 is 0 Å². The molecule has 0 bridgehead atoms. The number of likely N-dealkylation sites (N-methyl/N-ethyl adjacent to an activating group) is 2. The molecule has 1 N–H and O–H groups in total. The van der Waals surface area contributed by atoms with Crippen LogP contribution in [0.15, 0.2) is 17.2 Å². The van der Waals surface area contributed by atoms with E-state index in [0.717, 1.165) is 25.9 Å². The molecular weight excluding hydrogens is 290 g/mol. The number of sulfonamides is 1. The van der Waals surface area contributed by atoms with Gasteiger partial charge in [-0.15, -0.1) is 0 Å². The number of hydrogen-bond donors (Lipinski definition) is 1. The number of rotatable bonds is 6. The molecule has 1 aromatic rings. The molecule has 0 aromatic carbocycles. The van der Waals surface area contributed by atoms with E-state index in [0.29, 0.717) is 18.3 Å². The van der Waals surface area contributed by atoms with Gasteiger partial charge in [0.1, 0.15) is 4.90 Å². The average molecular weight is 315 g/mol. The van der Waals surface area contributed by atoms with Crippen molar-refractivity contribution in [2.45, 2.75) is 37.3 Å². The molecule has 2 rings (SSSR count). The van der Waals surface area contributed by atoms with Crippen LogP contribution in [0, 0.1) is 0 Å². The Morgan fingerprint density at radius 1 is 1.48 bits per heavy atom. The maximum Gasteiger partial charge on any atom is 0.244 e. The molecule has 0 aliphatic carbocycles. The fourth-order valence-corrected chi connectivity index (χ4v) is 4.27. The van der Waals surface area contributed by atoms with Crippen molar-refractivity contribution in [3.8, 4) is 0 Å². The van der Waals surface area contributed by atoms with Crippen LogP contribution in [0.1, 0.15) is 25.5 Å². The van der Waals surface area contributed by atoms with E-state index in [2.05, 4.69) is 11.8 Å². The number of nitrogens with zero attached hydrogens (tertiary/aromatic N) is 3. The lowest BCUT2D eigenvalue weighted by molar-refractivity contribution is 0.237. The summed E-state index contributed by atoms with van der Waals surface area (Å²) in [6.45, 7) is 4.46. The molecule has 1 aliphatic heterocycles. The first-order chi connectivity index (χ1) is 9.90. The highest BCUT2D eigenvalue weighted by atomic mass is 32.2. The van der Waals surface area contributed by atoms with Crippen LogP contribution in [-0.2, 0) is 23.7 Å². The van der Waals surface area contributed by atoms with Crippen molar-refractivity contribution < 1.29 is 13.5 Å². The second-order valence-electron chi connectivity index (χ2n) is 5.65. The third-order valence-corrected chi connectivity index (χ3v) is 6.11. The first kappa shape index (κ1) is 16.5. The van der Waals surface area contributed by atoms with Gasteiger partial charge in [0.2, 0.25) is 10.0 Å². The minimum Gasteiger partial charge on any atom is -0.390 e. The van der Waals surface area contributed by atoms with E-state index in [-0.39, 0.29) is 11.5 Å². The minimum atomic E-state index is -3.50. The minimum absolute atomic E-state index is 0.165. The molecule has 0 saturated carbocycles. The van der Waals surface area contributed by atoms with Crippen LogP contribution in [0.2, 0.25) is 0 Å². The number of aliphatic hydroxyl groups is 1. The maximum absolute atomic E-state index is 12.6. The molecule has 1 fully saturated rings. The van der Waals surface area contributed by atoms with Crippen LogP contribution >= 0.6 is 0 Å². The summed E-state index contributed by atoms with van der Waals surface area (Å²) in [7, 11) is -0.127. The van der Waals surface area contributed by atoms with Gasteiger partial charge in [-0.3, -0.25) is 4.90 Å². The van der Waals surface area contributed by atoms with Gasteiger partial charge in [-0.1, -0.05) is 6.92 Å². The summed E-state index contributed by atoms with van der Waals surface area (Å²) in [6.07, 6.45) is 3.74. The van der Waals surface area contributed by atoms with Crippen molar-refractivity contribution in [1.29, 1.82) is 0 Å². The zero-order valence-corrected chi connectivity index (χ0v) is 13.8. The van der Waals surface area contributed by atoms with E-state index in [1.165, 1.54) is 10.4 Å². The Morgan fingerprint density at radius 2 is 2.19 bits per heavy atom. The third kappa shape index (κ3) is 3.31. The van der Waals surface area contributed by atoms with Gasteiger partial charge in [0.25, 0.3) is 0 Å². The van der Waals surface area contributed by atoms with Gasteiger partial charge in [0.05, 0.1) is 6.61 Å². The molecule has 1 aromatic heterocycles. The average Bonchev–Trinajstić information content (AvgIpc) is 3.04. The van der Waals surface area contributed by atoms with Crippen LogP contribution in [-0.4, -0.2) is 60.0 Å². The first-order valence-corrected chi connectivity index (χ1v) is 8.80.